The van der Waals surface area contributed by atoms with Gasteiger partial charge in [-0.3, -0.25) is 9.69 Å². The number of halogens is 1. The molecule has 0 aromatic heterocycles. The summed E-state index contributed by atoms with van der Waals surface area (Å²) >= 11 is 0. The van der Waals surface area contributed by atoms with Crippen molar-refractivity contribution in [2.75, 3.05) is 20.3 Å². The lowest BCUT2D eigenvalue weighted by Gasteiger charge is -2.25. The van der Waals surface area contributed by atoms with Crippen molar-refractivity contribution >= 4 is 5.91 Å². The summed E-state index contributed by atoms with van der Waals surface area (Å²) in [7, 11) is 1.56. The monoisotopic (exact) mass is 358 g/mol. The number of methoxy groups -OCH3 is 1. The van der Waals surface area contributed by atoms with Gasteiger partial charge in [0.15, 0.2) is 18.1 Å². The van der Waals surface area contributed by atoms with E-state index in [9.17, 15) is 9.18 Å². The fourth-order valence-electron chi connectivity index (χ4n) is 3.42. The van der Waals surface area contributed by atoms with Gasteiger partial charge in [0, 0.05) is 12.6 Å². The van der Waals surface area contributed by atoms with Gasteiger partial charge in [-0.25, -0.2) is 4.39 Å². The first-order valence-corrected chi connectivity index (χ1v) is 8.64. The Bertz CT molecular complexity index is 781. The molecule has 5 nitrogen and oxygen atoms in total. The summed E-state index contributed by atoms with van der Waals surface area (Å²) < 4.78 is 24.3. The van der Waals surface area contributed by atoms with Crippen molar-refractivity contribution in [3.63, 3.8) is 0 Å². The highest BCUT2D eigenvalue weighted by Crippen LogP contribution is 2.35. The van der Waals surface area contributed by atoms with Crippen molar-refractivity contribution in [3.05, 3.63) is 59.4 Å². The number of amides is 1. The first-order chi connectivity index (χ1) is 12.6. The number of likely N-dealkylation sites (tertiary alicyclic amines) is 1. The van der Waals surface area contributed by atoms with E-state index in [2.05, 4.69) is 4.90 Å². The van der Waals surface area contributed by atoms with Gasteiger partial charge in [-0.1, -0.05) is 18.2 Å². The largest absolute Gasteiger partial charge is 0.493 e. The Balaban J connectivity index is 1.74. The third kappa shape index (κ3) is 4.32. The SMILES string of the molecule is COc1cc(CN2CCC[C@@H]2c2cccc(F)c2)ccc1OCC(N)=O. The molecule has 2 N–H and O–H groups in total. The van der Waals surface area contributed by atoms with E-state index in [0.29, 0.717) is 11.5 Å². The van der Waals surface area contributed by atoms with Gasteiger partial charge < -0.3 is 15.2 Å². The lowest BCUT2D eigenvalue weighted by atomic mass is 10.0. The number of ether oxygens (including phenoxy) is 2. The predicted octanol–water partition coefficient (Wildman–Crippen LogP) is 3.04. The van der Waals surface area contributed by atoms with Crippen LogP contribution in [0.4, 0.5) is 4.39 Å². The van der Waals surface area contributed by atoms with Crippen LogP contribution in [0.3, 0.4) is 0 Å². The van der Waals surface area contributed by atoms with Gasteiger partial charge in [0.05, 0.1) is 7.11 Å². The van der Waals surface area contributed by atoms with Crippen molar-refractivity contribution in [1.82, 2.24) is 4.90 Å². The quantitative estimate of drug-likeness (QED) is 0.826. The van der Waals surface area contributed by atoms with Crippen LogP contribution in [0.15, 0.2) is 42.5 Å². The molecule has 2 aromatic carbocycles. The molecule has 1 saturated heterocycles. The van der Waals surface area contributed by atoms with Gasteiger partial charge in [0.2, 0.25) is 0 Å². The molecule has 1 aliphatic heterocycles. The fraction of sp³-hybridized carbons (Fsp3) is 0.350. The summed E-state index contributed by atoms with van der Waals surface area (Å²) in [6.07, 6.45) is 2.10. The highest BCUT2D eigenvalue weighted by molar-refractivity contribution is 5.75. The minimum Gasteiger partial charge on any atom is -0.493 e. The smallest absolute Gasteiger partial charge is 0.255 e. The summed E-state index contributed by atoms with van der Waals surface area (Å²) in [5.41, 5.74) is 7.19. The molecule has 2 aromatic rings. The summed E-state index contributed by atoms with van der Waals surface area (Å²) in [5.74, 6) is 0.307. The second-order valence-electron chi connectivity index (χ2n) is 6.42. The molecule has 1 heterocycles. The van der Waals surface area contributed by atoms with E-state index in [0.717, 1.165) is 37.1 Å². The van der Waals surface area contributed by atoms with Crippen molar-refractivity contribution in [3.8, 4) is 11.5 Å². The molecule has 3 rings (SSSR count). The van der Waals surface area contributed by atoms with Crippen LogP contribution in [-0.4, -0.2) is 31.1 Å². The van der Waals surface area contributed by atoms with Crippen LogP contribution >= 0.6 is 0 Å². The zero-order valence-corrected chi connectivity index (χ0v) is 14.8. The number of hydrogen-bond acceptors (Lipinski definition) is 4. The number of nitrogens with two attached hydrogens (primary N) is 1. The number of nitrogens with zero attached hydrogens (tertiary/aromatic N) is 1. The number of primary amides is 1. The molecule has 1 atom stereocenters. The number of carbonyl (C=O) groups is 1. The Hall–Kier alpha value is -2.60. The van der Waals surface area contributed by atoms with E-state index in [1.54, 1.807) is 25.3 Å². The summed E-state index contributed by atoms with van der Waals surface area (Å²) in [5, 5.41) is 0. The zero-order valence-electron chi connectivity index (χ0n) is 14.8. The molecule has 0 saturated carbocycles. The normalized spacial score (nSPS) is 17.2. The topological polar surface area (TPSA) is 64.8 Å². The van der Waals surface area contributed by atoms with Crippen LogP contribution < -0.4 is 15.2 Å². The molecule has 26 heavy (non-hydrogen) atoms. The van der Waals surface area contributed by atoms with E-state index in [-0.39, 0.29) is 18.5 Å². The van der Waals surface area contributed by atoms with Crippen LogP contribution in [0.25, 0.3) is 0 Å². The second-order valence-corrected chi connectivity index (χ2v) is 6.42. The predicted molar refractivity (Wildman–Crippen MR) is 96.5 cm³/mol. The highest BCUT2D eigenvalue weighted by Gasteiger charge is 2.26. The molecular formula is C20H23FN2O3. The third-order valence-electron chi connectivity index (χ3n) is 4.58. The van der Waals surface area contributed by atoms with E-state index < -0.39 is 5.91 Å². The van der Waals surface area contributed by atoms with Crippen molar-refractivity contribution in [2.24, 2.45) is 5.73 Å². The molecule has 1 aliphatic rings. The van der Waals surface area contributed by atoms with Gasteiger partial charge in [0.1, 0.15) is 5.82 Å². The van der Waals surface area contributed by atoms with Crippen LogP contribution in [-0.2, 0) is 11.3 Å². The molecule has 6 heteroatoms. The lowest BCUT2D eigenvalue weighted by molar-refractivity contribution is -0.119. The molecule has 0 aliphatic carbocycles. The molecule has 1 fully saturated rings. The Morgan fingerprint density at radius 2 is 2.12 bits per heavy atom. The minimum atomic E-state index is -0.536. The average molecular weight is 358 g/mol. The van der Waals surface area contributed by atoms with Crippen molar-refractivity contribution < 1.29 is 18.7 Å². The summed E-state index contributed by atoms with van der Waals surface area (Å²) in [6, 6.07) is 12.7. The van der Waals surface area contributed by atoms with Crippen molar-refractivity contribution in [1.29, 1.82) is 0 Å². The van der Waals surface area contributed by atoms with Crippen LogP contribution in [0.5, 0.6) is 11.5 Å². The lowest BCUT2D eigenvalue weighted by Crippen LogP contribution is -2.23. The molecular weight excluding hydrogens is 335 g/mol. The first kappa shape index (κ1) is 18.2. The molecule has 0 bridgehead atoms. The molecule has 0 radical (unpaired) electrons. The maximum Gasteiger partial charge on any atom is 0.255 e. The molecule has 0 unspecified atom stereocenters. The summed E-state index contributed by atoms with van der Waals surface area (Å²) in [6.45, 7) is 1.50. The Morgan fingerprint density at radius 3 is 2.85 bits per heavy atom. The Kier molecular flexibility index (Phi) is 5.73. The van der Waals surface area contributed by atoms with E-state index >= 15 is 0 Å². The van der Waals surface area contributed by atoms with Crippen molar-refractivity contribution in [2.45, 2.75) is 25.4 Å². The van der Waals surface area contributed by atoms with E-state index in [4.69, 9.17) is 15.2 Å². The number of hydrogen-bond donors (Lipinski definition) is 1. The molecule has 0 spiro atoms. The van der Waals surface area contributed by atoms with E-state index in [1.165, 1.54) is 6.07 Å². The number of benzene rings is 2. The summed E-state index contributed by atoms with van der Waals surface area (Å²) in [4.78, 5) is 13.2. The number of carbonyl (C=O) groups excluding carboxylic acids is 1. The van der Waals surface area contributed by atoms with Gasteiger partial charge in [-0.2, -0.15) is 0 Å². The Labute approximate surface area is 152 Å². The first-order valence-electron chi connectivity index (χ1n) is 8.64. The Morgan fingerprint density at radius 1 is 1.27 bits per heavy atom. The van der Waals surface area contributed by atoms with Crippen LogP contribution in [0.1, 0.15) is 30.0 Å². The minimum absolute atomic E-state index is 0.191. The third-order valence-corrected chi connectivity index (χ3v) is 4.58. The van der Waals surface area contributed by atoms with Crippen LogP contribution in [0, 0.1) is 5.82 Å². The fourth-order valence-corrected chi connectivity index (χ4v) is 3.42. The zero-order chi connectivity index (χ0) is 18.5. The van der Waals surface area contributed by atoms with Gasteiger partial charge in [0.25, 0.3) is 5.91 Å². The maximum absolute atomic E-state index is 13.6. The maximum atomic E-state index is 13.6. The van der Waals surface area contributed by atoms with Gasteiger partial charge >= 0.3 is 0 Å². The standard InChI is InChI=1S/C20H23FN2O3/c1-25-19-10-14(7-8-18(19)26-13-20(22)24)12-23-9-3-6-17(23)15-4-2-5-16(21)11-15/h2,4-5,7-8,10-11,17H,3,6,9,12-13H2,1H3,(H2,22,24)/t17-/m1/s1. The van der Waals surface area contributed by atoms with Crippen LogP contribution in [0.2, 0.25) is 0 Å². The average Bonchev–Trinajstić information content (AvgIpc) is 3.08. The molecule has 138 valence electrons. The van der Waals surface area contributed by atoms with Gasteiger partial charge in [-0.05, 0) is 54.8 Å². The number of rotatable bonds is 7. The van der Waals surface area contributed by atoms with E-state index in [1.807, 2.05) is 18.2 Å². The second kappa shape index (κ2) is 8.19. The molecule has 1 amide bonds. The highest BCUT2D eigenvalue weighted by atomic mass is 19.1. The van der Waals surface area contributed by atoms with Gasteiger partial charge in [-0.15, -0.1) is 0 Å².